The Bertz CT molecular complexity index is 1280. The molecular formula is C27H32FN5O3. The molecule has 1 saturated carbocycles. The van der Waals surface area contributed by atoms with Gasteiger partial charge in [-0.15, -0.1) is 0 Å². The van der Waals surface area contributed by atoms with Crippen LogP contribution in [0.25, 0.3) is 10.9 Å². The van der Waals surface area contributed by atoms with Gasteiger partial charge in [-0.1, -0.05) is 23.4 Å². The molecule has 1 saturated heterocycles. The van der Waals surface area contributed by atoms with Crippen LogP contribution in [0.5, 0.6) is 5.75 Å². The van der Waals surface area contributed by atoms with Crippen molar-refractivity contribution in [1.29, 1.82) is 0 Å². The van der Waals surface area contributed by atoms with Gasteiger partial charge in [-0.2, -0.15) is 5.10 Å². The van der Waals surface area contributed by atoms with Gasteiger partial charge in [-0.25, -0.2) is 4.39 Å². The molecule has 36 heavy (non-hydrogen) atoms. The van der Waals surface area contributed by atoms with E-state index in [4.69, 9.17) is 15.3 Å². The maximum absolute atomic E-state index is 13.8. The summed E-state index contributed by atoms with van der Waals surface area (Å²) in [7, 11) is 1.85. The molecule has 1 aliphatic carbocycles. The van der Waals surface area contributed by atoms with E-state index >= 15 is 0 Å². The minimum Gasteiger partial charge on any atom is -0.487 e. The van der Waals surface area contributed by atoms with Gasteiger partial charge in [0.1, 0.15) is 6.61 Å². The van der Waals surface area contributed by atoms with Crippen LogP contribution in [0, 0.1) is 5.82 Å². The zero-order chi connectivity index (χ0) is 25.1. The second kappa shape index (κ2) is 10.7. The Morgan fingerprint density at radius 2 is 2.03 bits per heavy atom. The number of aryl methyl sites for hydroxylation is 2. The predicted octanol–water partition coefficient (Wildman–Crippen LogP) is 3.69. The largest absolute Gasteiger partial charge is 0.487 e. The van der Waals surface area contributed by atoms with Crippen molar-refractivity contribution in [2.45, 2.75) is 51.2 Å². The second-order valence-electron chi connectivity index (χ2n) is 9.61. The van der Waals surface area contributed by atoms with Gasteiger partial charge in [0.25, 0.3) is 5.91 Å². The maximum atomic E-state index is 13.8. The first kappa shape index (κ1) is 24.2. The van der Waals surface area contributed by atoms with Crippen molar-refractivity contribution in [3.8, 4) is 5.75 Å². The highest BCUT2D eigenvalue weighted by molar-refractivity contribution is 6.45. The van der Waals surface area contributed by atoms with Crippen molar-refractivity contribution in [3.63, 3.8) is 0 Å². The van der Waals surface area contributed by atoms with Crippen LogP contribution < -0.4 is 10.5 Å². The van der Waals surface area contributed by atoms with E-state index in [0.29, 0.717) is 12.4 Å². The van der Waals surface area contributed by atoms with Crippen LogP contribution in [-0.4, -0.2) is 52.0 Å². The molecule has 0 radical (unpaired) electrons. The zero-order valence-corrected chi connectivity index (χ0v) is 20.6. The standard InChI is InChI=1S/C16H22FNO.C11H10N4O2/c17-15-12-13(4-3-11-18-9-1-2-10-18)5-8-16(15)19-14-6-7-14;1-15-10-6(4-13-15)2-3-7-8(10)5-17-14-9(7)11(12)16/h5,8,12,14H,1-4,6-7,9-11H2;2-4H,5H2,1H3,(H2,12,16). The highest BCUT2D eigenvalue weighted by atomic mass is 19.1. The maximum Gasteiger partial charge on any atom is 0.271 e. The third kappa shape index (κ3) is 5.51. The summed E-state index contributed by atoms with van der Waals surface area (Å²) >= 11 is 0. The van der Waals surface area contributed by atoms with Gasteiger partial charge in [-0.05, 0) is 75.9 Å². The van der Waals surface area contributed by atoms with Crippen molar-refractivity contribution in [1.82, 2.24) is 14.7 Å². The molecule has 2 fully saturated rings. The number of nitrogens with zero attached hydrogens (tertiary/aromatic N) is 4. The van der Waals surface area contributed by atoms with E-state index in [1.807, 2.05) is 25.2 Å². The number of amides is 1. The summed E-state index contributed by atoms with van der Waals surface area (Å²) in [5.41, 5.74) is 9.07. The molecule has 190 valence electrons. The first-order valence-electron chi connectivity index (χ1n) is 12.6. The number of hydrogen-bond donors (Lipinski definition) is 1. The average molecular weight is 494 g/mol. The number of primary amides is 1. The summed E-state index contributed by atoms with van der Waals surface area (Å²) in [5, 5.41) is 8.88. The minimum atomic E-state index is -0.590. The van der Waals surface area contributed by atoms with Gasteiger partial charge in [-0.3, -0.25) is 9.48 Å². The number of benzene rings is 2. The lowest BCUT2D eigenvalue weighted by molar-refractivity contribution is -0.112. The Hall–Kier alpha value is -3.46. The number of hydrogen-bond acceptors (Lipinski definition) is 6. The fourth-order valence-corrected chi connectivity index (χ4v) is 4.78. The molecule has 1 amide bonds. The molecule has 8 nitrogen and oxygen atoms in total. The summed E-state index contributed by atoms with van der Waals surface area (Å²) in [4.78, 5) is 18.8. The lowest BCUT2D eigenvalue weighted by Gasteiger charge is -2.15. The Morgan fingerprint density at radius 1 is 1.22 bits per heavy atom. The monoisotopic (exact) mass is 493 g/mol. The van der Waals surface area contributed by atoms with Crippen LogP contribution >= 0.6 is 0 Å². The lowest BCUT2D eigenvalue weighted by Crippen LogP contribution is -2.28. The van der Waals surface area contributed by atoms with Gasteiger partial charge in [0.05, 0.1) is 17.8 Å². The smallest absolute Gasteiger partial charge is 0.271 e. The molecule has 3 heterocycles. The molecule has 9 heteroatoms. The molecular weight excluding hydrogens is 461 g/mol. The van der Waals surface area contributed by atoms with E-state index in [1.54, 1.807) is 23.0 Å². The summed E-state index contributed by atoms with van der Waals surface area (Å²) in [6.07, 6.45) is 8.90. The Balaban J connectivity index is 0.000000149. The number of rotatable bonds is 7. The first-order valence-corrected chi connectivity index (χ1v) is 12.6. The third-order valence-electron chi connectivity index (χ3n) is 6.81. The molecule has 3 aromatic rings. The van der Waals surface area contributed by atoms with E-state index in [-0.39, 0.29) is 17.6 Å². The van der Waals surface area contributed by atoms with Crippen molar-refractivity contribution in [2.24, 2.45) is 17.9 Å². The van der Waals surface area contributed by atoms with E-state index < -0.39 is 5.91 Å². The molecule has 1 aromatic heterocycles. The van der Waals surface area contributed by atoms with Crippen LogP contribution in [0.2, 0.25) is 0 Å². The van der Waals surface area contributed by atoms with Crippen LogP contribution in [0.1, 0.15) is 48.8 Å². The molecule has 2 aromatic carbocycles. The quantitative estimate of drug-likeness (QED) is 0.542. The van der Waals surface area contributed by atoms with Crippen LogP contribution in [0.3, 0.4) is 0 Å². The summed E-state index contributed by atoms with van der Waals surface area (Å²) < 4.78 is 21.1. The fraction of sp³-hybridized carbons (Fsp3) is 0.444. The van der Waals surface area contributed by atoms with E-state index in [9.17, 15) is 9.18 Å². The van der Waals surface area contributed by atoms with Gasteiger partial charge in [0.2, 0.25) is 0 Å². The number of aromatic nitrogens is 2. The molecule has 0 atom stereocenters. The molecule has 2 aliphatic heterocycles. The molecule has 6 rings (SSSR count). The number of nitrogens with two attached hydrogens (primary N) is 1. The lowest BCUT2D eigenvalue weighted by atomic mass is 9.99. The van der Waals surface area contributed by atoms with Crippen molar-refractivity contribution in [2.75, 3.05) is 19.6 Å². The number of fused-ring (bicyclic) bond motifs is 3. The Kier molecular flexibility index (Phi) is 7.18. The zero-order valence-electron chi connectivity index (χ0n) is 20.6. The minimum absolute atomic E-state index is 0.161. The molecule has 0 unspecified atom stereocenters. The fourth-order valence-electron chi connectivity index (χ4n) is 4.78. The van der Waals surface area contributed by atoms with Gasteiger partial charge < -0.3 is 20.2 Å². The third-order valence-corrected chi connectivity index (χ3v) is 6.81. The van der Waals surface area contributed by atoms with E-state index in [2.05, 4.69) is 15.2 Å². The highest BCUT2D eigenvalue weighted by Gasteiger charge is 2.25. The van der Waals surface area contributed by atoms with Crippen molar-refractivity contribution in [3.05, 3.63) is 59.0 Å². The number of halogens is 1. The molecule has 3 aliphatic rings. The highest BCUT2D eigenvalue weighted by Crippen LogP contribution is 2.29. The number of carbonyl (C=O) groups is 1. The van der Waals surface area contributed by atoms with Gasteiger partial charge in [0, 0.05) is 23.6 Å². The number of oxime groups is 1. The van der Waals surface area contributed by atoms with Crippen LogP contribution in [0.4, 0.5) is 4.39 Å². The molecule has 0 spiro atoms. The summed E-state index contributed by atoms with van der Waals surface area (Å²) in [6.45, 7) is 3.94. The number of likely N-dealkylation sites (tertiary alicyclic amines) is 1. The Labute approximate surface area is 209 Å². The van der Waals surface area contributed by atoms with Crippen molar-refractivity contribution < 1.29 is 18.8 Å². The Morgan fingerprint density at radius 3 is 2.75 bits per heavy atom. The average Bonchev–Trinajstić information content (AvgIpc) is 3.38. The van der Waals surface area contributed by atoms with Gasteiger partial charge in [0.15, 0.2) is 17.3 Å². The summed E-state index contributed by atoms with van der Waals surface area (Å²) in [5.74, 6) is -0.371. The number of carbonyl (C=O) groups excluding carboxylic acids is 1. The molecule has 0 bridgehead atoms. The van der Waals surface area contributed by atoms with Crippen LogP contribution in [0.15, 0.2) is 41.7 Å². The molecule has 2 N–H and O–H groups in total. The number of ether oxygens (including phenoxy) is 1. The summed E-state index contributed by atoms with van der Waals surface area (Å²) in [6, 6.07) is 9.15. The normalized spacial score (nSPS) is 17.1. The van der Waals surface area contributed by atoms with Crippen molar-refractivity contribution >= 4 is 22.5 Å². The topological polar surface area (TPSA) is 95.0 Å². The predicted molar refractivity (Wildman–Crippen MR) is 135 cm³/mol. The second-order valence-corrected chi connectivity index (χ2v) is 9.61. The van der Waals surface area contributed by atoms with E-state index in [1.165, 1.54) is 25.9 Å². The van der Waals surface area contributed by atoms with Gasteiger partial charge >= 0.3 is 0 Å². The van der Waals surface area contributed by atoms with E-state index in [0.717, 1.165) is 59.8 Å². The first-order chi connectivity index (χ1) is 17.5. The SMILES string of the molecule is Cn1ncc2ccc3c(c21)CON=C3C(N)=O.Fc1cc(CCCN2CCCC2)ccc1OC1CC1. The van der Waals surface area contributed by atoms with Crippen LogP contribution in [-0.2, 0) is 29.7 Å².